The third kappa shape index (κ3) is 9.41. The summed E-state index contributed by atoms with van der Waals surface area (Å²) in [6, 6.07) is 22.7. The minimum atomic E-state index is -0.660. The average Bonchev–Trinajstić information content (AvgIpc) is 2.88. The van der Waals surface area contributed by atoms with Crippen LogP contribution >= 0.6 is 35.0 Å². The van der Waals surface area contributed by atoms with Gasteiger partial charge in [-0.1, -0.05) is 91.1 Å². The fraction of sp³-hybridized carbons (Fsp3) is 0.333. The molecule has 0 radical (unpaired) electrons. The van der Waals surface area contributed by atoms with Gasteiger partial charge in [-0.3, -0.25) is 9.59 Å². The second kappa shape index (κ2) is 14.5. The Kier molecular flexibility index (Phi) is 11.4. The molecule has 0 spiro atoms. The third-order valence-electron chi connectivity index (χ3n) is 5.90. The molecule has 1 N–H and O–H groups in total. The molecule has 0 aliphatic heterocycles. The molecule has 0 aromatic heterocycles. The Morgan fingerprint density at radius 3 is 2.27 bits per heavy atom. The van der Waals surface area contributed by atoms with Crippen LogP contribution in [0.25, 0.3) is 0 Å². The second-order valence-corrected chi connectivity index (χ2v) is 11.5. The van der Waals surface area contributed by atoms with E-state index in [0.29, 0.717) is 41.1 Å². The van der Waals surface area contributed by atoms with Crippen molar-refractivity contribution in [3.05, 3.63) is 99.5 Å². The van der Waals surface area contributed by atoms with Crippen LogP contribution in [0.1, 0.15) is 37.0 Å². The summed E-state index contributed by atoms with van der Waals surface area (Å²) in [6.45, 7) is 6.95. The Bertz CT molecular complexity index is 1170. The molecule has 0 aliphatic carbocycles. The first-order chi connectivity index (χ1) is 17.7. The Hall–Kier alpha value is -2.47. The van der Waals surface area contributed by atoms with E-state index in [9.17, 15) is 9.59 Å². The molecule has 3 aromatic rings. The first kappa shape index (κ1) is 29.1. The van der Waals surface area contributed by atoms with Crippen LogP contribution in [0.4, 0.5) is 0 Å². The summed E-state index contributed by atoms with van der Waals surface area (Å²) in [4.78, 5) is 30.0. The molecule has 0 saturated heterocycles. The van der Waals surface area contributed by atoms with E-state index in [2.05, 4.69) is 36.5 Å². The van der Waals surface area contributed by atoms with Crippen molar-refractivity contribution in [2.45, 2.75) is 51.1 Å². The molecule has 1 unspecified atom stereocenters. The number of amides is 2. The predicted molar refractivity (Wildman–Crippen MR) is 155 cm³/mol. The minimum Gasteiger partial charge on any atom is -0.354 e. The molecule has 1 atom stereocenters. The van der Waals surface area contributed by atoms with Gasteiger partial charge in [-0.15, -0.1) is 11.8 Å². The van der Waals surface area contributed by atoms with Crippen LogP contribution in [-0.2, 0) is 22.6 Å². The van der Waals surface area contributed by atoms with Crippen molar-refractivity contribution in [3.63, 3.8) is 0 Å². The number of hydrogen-bond acceptors (Lipinski definition) is 3. The fourth-order valence-corrected chi connectivity index (χ4v) is 5.01. The van der Waals surface area contributed by atoms with Gasteiger partial charge in [-0.05, 0) is 48.2 Å². The largest absolute Gasteiger partial charge is 0.354 e. The van der Waals surface area contributed by atoms with Gasteiger partial charge in [0.1, 0.15) is 6.04 Å². The van der Waals surface area contributed by atoms with Crippen LogP contribution in [0.15, 0.2) is 77.7 Å². The zero-order valence-electron chi connectivity index (χ0n) is 21.5. The molecule has 3 rings (SSSR count). The SMILES string of the molecule is Cc1ccc(SCCC(=O)N(Cc2ccc(Cl)c(Cl)c2)C(Cc2ccccc2)C(=O)NCC(C)C)cc1. The molecule has 0 aliphatic rings. The molecule has 0 fully saturated rings. The lowest BCUT2D eigenvalue weighted by molar-refractivity contribution is -0.141. The monoisotopic (exact) mass is 556 g/mol. The summed E-state index contributed by atoms with van der Waals surface area (Å²) in [5.74, 6) is 0.681. The fourth-order valence-electron chi connectivity index (χ4n) is 3.85. The van der Waals surface area contributed by atoms with Gasteiger partial charge in [-0.25, -0.2) is 0 Å². The van der Waals surface area contributed by atoms with Crippen LogP contribution in [0.3, 0.4) is 0 Å². The number of benzene rings is 3. The first-order valence-corrected chi connectivity index (χ1v) is 14.2. The molecule has 2 amide bonds. The molecular weight excluding hydrogens is 523 g/mol. The van der Waals surface area contributed by atoms with Crippen molar-refractivity contribution >= 4 is 46.8 Å². The van der Waals surface area contributed by atoms with Gasteiger partial charge in [0.05, 0.1) is 10.0 Å². The highest BCUT2D eigenvalue weighted by Crippen LogP contribution is 2.25. The number of carbonyl (C=O) groups is 2. The average molecular weight is 558 g/mol. The van der Waals surface area contributed by atoms with E-state index in [1.165, 1.54) is 5.56 Å². The van der Waals surface area contributed by atoms with Crippen molar-refractivity contribution in [2.75, 3.05) is 12.3 Å². The van der Waals surface area contributed by atoms with E-state index in [4.69, 9.17) is 23.2 Å². The Morgan fingerprint density at radius 2 is 1.62 bits per heavy atom. The maximum absolute atomic E-state index is 13.7. The summed E-state index contributed by atoms with van der Waals surface area (Å²) in [7, 11) is 0. The van der Waals surface area contributed by atoms with Crippen molar-refractivity contribution in [2.24, 2.45) is 5.92 Å². The summed E-state index contributed by atoms with van der Waals surface area (Å²) in [5, 5.41) is 3.92. The first-order valence-electron chi connectivity index (χ1n) is 12.5. The highest BCUT2D eigenvalue weighted by molar-refractivity contribution is 7.99. The standard InChI is InChI=1S/C30H34Cl2N2O2S/c1-21(2)19-33-30(36)28(18-23-7-5-4-6-8-23)34(20-24-11-14-26(31)27(32)17-24)29(35)15-16-37-25-12-9-22(3)10-13-25/h4-14,17,21,28H,15-16,18-20H2,1-3H3,(H,33,36). The number of halogens is 2. The van der Waals surface area contributed by atoms with E-state index in [1.807, 2.05) is 50.2 Å². The van der Waals surface area contributed by atoms with Crippen LogP contribution in [0.5, 0.6) is 0 Å². The lowest BCUT2D eigenvalue weighted by Gasteiger charge is -2.32. The van der Waals surface area contributed by atoms with Crippen molar-refractivity contribution in [1.82, 2.24) is 10.2 Å². The van der Waals surface area contributed by atoms with Crippen molar-refractivity contribution < 1.29 is 9.59 Å². The predicted octanol–water partition coefficient (Wildman–Crippen LogP) is 7.20. The molecule has 0 bridgehead atoms. The van der Waals surface area contributed by atoms with Crippen molar-refractivity contribution in [3.8, 4) is 0 Å². The normalized spacial score (nSPS) is 11.8. The maximum atomic E-state index is 13.7. The number of thioether (sulfide) groups is 1. The zero-order chi connectivity index (χ0) is 26.8. The summed E-state index contributed by atoms with van der Waals surface area (Å²) < 4.78 is 0. The topological polar surface area (TPSA) is 49.4 Å². The molecule has 37 heavy (non-hydrogen) atoms. The molecule has 0 saturated carbocycles. The Labute approximate surface area is 234 Å². The summed E-state index contributed by atoms with van der Waals surface area (Å²) >= 11 is 14.0. The molecule has 7 heteroatoms. The number of nitrogens with one attached hydrogen (secondary N) is 1. The smallest absolute Gasteiger partial charge is 0.243 e. The van der Waals surface area contributed by atoms with Gasteiger partial charge in [0.25, 0.3) is 0 Å². The third-order valence-corrected chi connectivity index (χ3v) is 7.65. The molecule has 4 nitrogen and oxygen atoms in total. The van der Waals surface area contributed by atoms with Gasteiger partial charge in [0, 0.05) is 36.6 Å². The Balaban J connectivity index is 1.86. The van der Waals surface area contributed by atoms with Crippen LogP contribution in [-0.4, -0.2) is 35.1 Å². The van der Waals surface area contributed by atoms with Gasteiger partial charge in [-0.2, -0.15) is 0 Å². The highest BCUT2D eigenvalue weighted by atomic mass is 35.5. The molecule has 196 valence electrons. The van der Waals surface area contributed by atoms with Gasteiger partial charge in [0.15, 0.2) is 0 Å². The lowest BCUT2D eigenvalue weighted by Crippen LogP contribution is -2.51. The van der Waals surface area contributed by atoms with E-state index >= 15 is 0 Å². The number of aryl methyl sites for hydroxylation is 1. The summed E-state index contributed by atoms with van der Waals surface area (Å²) in [6.07, 6.45) is 0.728. The zero-order valence-corrected chi connectivity index (χ0v) is 23.9. The quantitative estimate of drug-likeness (QED) is 0.240. The molecular formula is C30H34Cl2N2O2S. The van der Waals surface area contributed by atoms with Crippen molar-refractivity contribution in [1.29, 1.82) is 0 Å². The molecule has 0 heterocycles. The number of carbonyl (C=O) groups excluding carboxylic acids is 2. The van der Waals surface area contributed by atoms with Crippen LogP contribution in [0, 0.1) is 12.8 Å². The number of rotatable bonds is 12. The van der Waals surface area contributed by atoms with Gasteiger partial charge < -0.3 is 10.2 Å². The van der Waals surface area contributed by atoms with E-state index in [1.54, 1.807) is 28.8 Å². The van der Waals surface area contributed by atoms with Gasteiger partial charge in [0.2, 0.25) is 11.8 Å². The lowest BCUT2D eigenvalue weighted by atomic mass is 10.0. The highest BCUT2D eigenvalue weighted by Gasteiger charge is 2.30. The van der Waals surface area contributed by atoms with Crippen LogP contribution < -0.4 is 5.32 Å². The number of nitrogens with zero attached hydrogens (tertiary/aromatic N) is 1. The van der Waals surface area contributed by atoms with E-state index in [0.717, 1.165) is 16.0 Å². The van der Waals surface area contributed by atoms with Gasteiger partial charge >= 0.3 is 0 Å². The molecule has 3 aromatic carbocycles. The summed E-state index contributed by atoms with van der Waals surface area (Å²) in [5.41, 5.74) is 3.02. The number of hydrogen-bond donors (Lipinski definition) is 1. The minimum absolute atomic E-state index is 0.0775. The Morgan fingerprint density at radius 1 is 0.919 bits per heavy atom. The second-order valence-electron chi connectivity index (χ2n) is 9.53. The van der Waals surface area contributed by atoms with Crippen LogP contribution in [0.2, 0.25) is 10.0 Å². The maximum Gasteiger partial charge on any atom is 0.243 e. The van der Waals surface area contributed by atoms with E-state index < -0.39 is 6.04 Å². The van der Waals surface area contributed by atoms with E-state index in [-0.39, 0.29) is 18.4 Å².